The molecule has 168 valence electrons. The number of para-hydroxylation sites is 1. The van der Waals surface area contributed by atoms with Gasteiger partial charge in [-0.25, -0.2) is 0 Å². The zero-order valence-corrected chi connectivity index (χ0v) is 20.4. The van der Waals surface area contributed by atoms with Crippen LogP contribution in [0.15, 0.2) is 97.1 Å². The molecule has 6 aromatic rings. The van der Waals surface area contributed by atoms with Crippen molar-refractivity contribution >= 4 is 43.4 Å². The average Bonchev–Trinajstić information content (AvgIpc) is 2.92. The second-order valence-corrected chi connectivity index (χ2v) is 9.90. The molecule has 0 N–H and O–H groups in total. The molecule has 2 heterocycles. The van der Waals surface area contributed by atoms with Crippen LogP contribution in [0.1, 0.15) is 27.8 Å². The molecule has 1 aliphatic rings. The monoisotopic (exact) mass is 449 g/mol. The van der Waals surface area contributed by atoms with E-state index < -0.39 is 0 Å². The minimum Gasteiger partial charge on any atom is -0.309 e. The third kappa shape index (κ3) is 2.82. The highest BCUT2D eigenvalue weighted by Gasteiger charge is 2.22. The van der Waals surface area contributed by atoms with E-state index in [0.29, 0.717) is 0 Å². The normalized spacial score (nSPS) is 12.3. The van der Waals surface area contributed by atoms with Crippen LogP contribution in [0.4, 0.5) is 0 Å². The van der Waals surface area contributed by atoms with E-state index >= 15 is 0 Å². The number of aromatic nitrogens is 1. The van der Waals surface area contributed by atoms with Crippen molar-refractivity contribution in [3.63, 3.8) is 0 Å². The van der Waals surface area contributed by atoms with Gasteiger partial charge < -0.3 is 4.57 Å². The van der Waals surface area contributed by atoms with E-state index in [4.69, 9.17) is 0 Å². The zero-order chi connectivity index (χ0) is 23.7. The first kappa shape index (κ1) is 20.3. The van der Waals surface area contributed by atoms with E-state index in [-0.39, 0.29) is 0 Å². The molecule has 0 radical (unpaired) electrons. The van der Waals surface area contributed by atoms with Crippen molar-refractivity contribution in [3.05, 3.63) is 125 Å². The van der Waals surface area contributed by atoms with Gasteiger partial charge in [-0.1, -0.05) is 84.9 Å². The van der Waals surface area contributed by atoms with Gasteiger partial charge in [0.1, 0.15) is 0 Å². The molecule has 5 aromatic carbocycles. The van der Waals surface area contributed by atoms with Gasteiger partial charge in [-0.3, -0.25) is 0 Å². The van der Waals surface area contributed by atoms with Gasteiger partial charge in [0.25, 0.3) is 0 Å². The Morgan fingerprint density at radius 1 is 0.486 bits per heavy atom. The number of nitrogens with zero attached hydrogens (tertiary/aromatic N) is 1. The summed E-state index contributed by atoms with van der Waals surface area (Å²) in [4.78, 5) is 0. The van der Waals surface area contributed by atoms with Crippen LogP contribution in [-0.2, 0) is 6.42 Å². The molecule has 0 spiro atoms. The molecule has 0 saturated heterocycles. The molecule has 1 heteroatoms. The number of fused-ring (bicyclic) bond motifs is 9. The fraction of sp³-hybridized carbons (Fsp3) is 0.118. The Balaban J connectivity index is 1.97. The predicted octanol–water partition coefficient (Wildman–Crippen LogP) is 9.04. The minimum absolute atomic E-state index is 0.962. The van der Waals surface area contributed by atoms with E-state index in [9.17, 15) is 0 Å². The third-order valence-corrected chi connectivity index (χ3v) is 7.92. The van der Waals surface area contributed by atoms with Crippen molar-refractivity contribution in [3.8, 4) is 5.69 Å². The number of aryl methyl sites for hydroxylation is 3. The number of rotatable bonds is 0. The quantitative estimate of drug-likeness (QED) is 0.218. The minimum atomic E-state index is 0.962. The fourth-order valence-corrected chi connectivity index (χ4v) is 6.19. The predicted molar refractivity (Wildman–Crippen MR) is 150 cm³/mol. The molecular formula is C34H27N. The summed E-state index contributed by atoms with van der Waals surface area (Å²) in [5.74, 6) is 0. The Hall–Kier alpha value is -4.10. The molecule has 0 fully saturated rings. The van der Waals surface area contributed by atoms with Crippen LogP contribution in [-0.4, -0.2) is 4.57 Å². The Morgan fingerprint density at radius 3 is 1.94 bits per heavy atom. The summed E-state index contributed by atoms with van der Waals surface area (Å²) >= 11 is 0. The summed E-state index contributed by atoms with van der Waals surface area (Å²) in [5, 5.41) is 7.80. The van der Waals surface area contributed by atoms with Crippen molar-refractivity contribution in [2.45, 2.75) is 27.2 Å². The smallest absolute Gasteiger partial charge is 0.0578 e. The van der Waals surface area contributed by atoms with E-state index in [1.807, 2.05) is 0 Å². The molecule has 1 aliphatic heterocycles. The topological polar surface area (TPSA) is 4.93 Å². The second-order valence-electron chi connectivity index (χ2n) is 9.90. The van der Waals surface area contributed by atoms with E-state index in [1.54, 1.807) is 0 Å². The van der Waals surface area contributed by atoms with Crippen molar-refractivity contribution in [1.82, 2.24) is 4.57 Å². The summed E-state index contributed by atoms with van der Waals surface area (Å²) in [5.41, 5.74) is 10.7. The summed E-state index contributed by atoms with van der Waals surface area (Å²) in [6.07, 6.45) is 0.962. The Morgan fingerprint density at radius 2 is 1.11 bits per heavy atom. The van der Waals surface area contributed by atoms with Crippen molar-refractivity contribution < 1.29 is 0 Å². The van der Waals surface area contributed by atoms with E-state index in [2.05, 4.69) is 122 Å². The van der Waals surface area contributed by atoms with Gasteiger partial charge in [0.15, 0.2) is 0 Å². The summed E-state index contributed by atoms with van der Waals surface area (Å²) in [7, 11) is 0. The van der Waals surface area contributed by atoms with Crippen LogP contribution in [0.25, 0.3) is 49.0 Å². The molecular weight excluding hydrogens is 422 g/mol. The first-order chi connectivity index (χ1) is 17.1. The van der Waals surface area contributed by atoms with E-state index in [0.717, 1.165) is 6.42 Å². The largest absolute Gasteiger partial charge is 0.309 e. The average molecular weight is 450 g/mol. The fourth-order valence-electron chi connectivity index (χ4n) is 6.19. The van der Waals surface area contributed by atoms with Gasteiger partial charge >= 0.3 is 0 Å². The molecule has 0 aliphatic carbocycles. The maximum Gasteiger partial charge on any atom is 0.0578 e. The van der Waals surface area contributed by atoms with Crippen molar-refractivity contribution in [2.75, 3.05) is 0 Å². The van der Waals surface area contributed by atoms with Gasteiger partial charge in [-0.05, 0) is 82.3 Å². The molecule has 0 atom stereocenters. The molecule has 0 unspecified atom stereocenters. The van der Waals surface area contributed by atoms with Gasteiger partial charge in [-0.2, -0.15) is 0 Å². The number of benzene rings is 5. The lowest BCUT2D eigenvalue weighted by molar-refractivity contribution is 1.01. The highest BCUT2D eigenvalue weighted by atomic mass is 15.0. The van der Waals surface area contributed by atoms with E-state index in [1.165, 1.54) is 76.9 Å². The maximum atomic E-state index is 2.55. The lowest BCUT2D eigenvalue weighted by atomic mass is 9.89. The Bertz CT molecular complexity index is 1900. The standard InChI is InChI=1S/C34H27N/c1-21-10-9-17-32-29(21)20-30-22(2)18-19-28-33-23(3)11-8-15-27(33)25-13-5-4-12-24(25)26-14-6-7-16-31(26)35(32)34(28)30/h4-19H,20H2,1-3H3. The Labute approximate surface area is 205 Å². The Kier molecular flexibility index (Phi) is 4.32. The molecule has 7 rings (SSSR count). The summed E-state index contributed by atoms with van der Waals surface area (Å²) in [6.45, 7) is 6.77. The van der Waals surface area contributed by atoms with Crippen LogP contribution in [0.2, 0.25) is 0 Å². The molecule has 0 bridgehead atoms. The number of hydrogen-bond acceptors (Lipinski definition) is 0. The highest BCUT2D eigenvalue weighted by molar-refractivity contribution is 6.20. The van der Waals surface area contributed by atoms with Crippen LogP contribution in [0.3, 0.4) is 0 Å². The van der Waals surface area contributed by atoms with Gasteiger partial charge in [0, 0.05) is 22.9 Å². The molecule has 0 amide bonds. The molecule has 1 nitrogen and oxygen atoms in total. The number of hydrogen-bond donors (Lipinski definition) is 0. The van der Waals surface area contributed by atoms with Crippen LogP contribution in [0.5, 0.6) is 0 Å². The second kappa shape index (κ2) is 7.45. The van der Waals surface area contributed by atoms with Crippen LogP contribution >= 0.6 is 0 Å². The van der Waals surface area contributed by atoms with Gasteiger partial charge in [-0.15, -0.1) is 0 Å². The summed E-state index contributed by atoms with van der Waals surface area (Å²) in [6, 6.07) is 36.0. The first-order valence-electron chi connectivity index (χ1n) is 12.4. The van der Waals surface area contributed by atoms with Crippen LogP contribution < -0.4 is 0 Å². The van der Waals surface area contributed by atoms with Crippen molar-refractivity contribution in [2.24, 2.45) is 0 Å². The lowest BCUT2D eigenvalue weighted by Gasteiger charge is -2.26. The van der Waals surface area contributed by atoms with Crippen LogP contribution in [0, 0.1) is 20.8 Å². The first-order valence-corrected chi connectivity index (χ1v) is 12.4. The van der Waals surface area contributed by atoms with Gasteiger partial charge in [0.2, 0.25) is 0 Å². The lowest BCUT2D eigenvalue weighted by Crippen LogP contribution is -2.12. The molecule has 0 saturated carbocycles. The highest BCUT2D eigenvalue weighted by Crippen LogP contribution is 2.41. The SMILES string of the molecule is Cc1cccc2c1Cc1c(C)ccc3c4c(C)cccc4c4ccccc4c4ccccc4n-2c13. The van der Waals surface area contributed by atoms with Gasteiger partial charge in [0.05, 0.1) is 11.0 Å². The third-order valence-electron chi connectivity index (χ3n) is 7.92. The maximum absolute atomic E-state index is 2.55. The summed E-state index contributed by atoms with van der Waals surface area (Å²) < 4.78 is 2.55. The molecule has 1 aromatic heterocycles. The zero-order valence-electron chi connectivity index (χ0n) is 20.4. The molecule has 35 heavy (non-hydrogen) atoms. The van der Waals surface area contributed by atoms with Crippen molar-refractivity contribution in [1.29, 1.82) is 0 Å².